The van der Waals surface area contributed by atoms with E-state index in [0.717, 1.165) is 30.5 Å². The second-order valence-corrected chi connectivity index (χ2v) is 9.70. The van der Waals surface area contributed by atoms with E-state index in [4.69, 9.17) is 17.0 Å². The first kappa shape index (κ1) is 26.4. The smallest absolute Gasteiger partial charge is 0.338 e. The number of hydrogen-bond donors (Lipinski definition) is 2. The number of esters is 1. The highest BCUT2D eigenvalue weighted by Gasteiger charge is 2.33. The number of unbranched alkanes of at least 4 members (excludes halogenated alkanes) is 1. The number of carbonyl (C=O) groups is 2. The lowest BCUT2D eigenvalue weighted by atomic mass is 9.95. The summed E-state index contributed by atoms with van der Waals surface area (Å²) in [6, 6.07) is 14.8. The van der Waals surface area contributed by atoms with Crippen LogP contribution in [0.1, 0.15) is 68.1 Å². The zero-order valence-corrected chi connectivity index (χ0v) is 22.0. The van der Waals surface area contributed by atoms with Gasteiger partial charge in [-0.05, 0) is 73.3 Å². The third kappa shape index (κ3) is 6.69. The predicted octanol–water partition coefficient (Wildman–Crippen LogP) is 5.62. The van der Waals surface area contributed by atoms with Crippen molar-refractivity contribution in [1.29, 1.82) is 0 Å². The molecule has 0 bridgehead atoms. The number of benzene rings is 2. The van der Waals surface area contributed by atoms with E-state index < -0.39 is 6.04 Å². The zero-order valence-electron chi connectivity index (χ0n) is 21.2. The van der Waals surface area contributed by atoms with Gasteiger partial charge in [-0.1, -0.05) is 51.5 Å². The van der Waals surface area contributed by atoms with Crippen LogP contribution in [0.15, 0.2) is 59.8 Å². The van der Waals surface area contributed by atoms with Crippen molar-refractivity contribution >= 4 is 34.9 Å². The first-order valence-corrected chi connectivity index (χ1v) is 12.5. The van der Waals surface area contributed by atoms with Gasteiger partial charge >= 0.3 is 5.97 Å². The molecule has 2 aromatic carbocycles. The van der Waals surface area contributed by atoms with Crippen LogP contribution in [0.5, 0.6) is 0 Å². The van der Waals surface area contributed by atoms with Gasteiger partial charge in [-0.15, -0.1) is 0 Å². The number of anilines is 1. The lowest BCUT2D eigenvalue weighted by Crippen LogP contribution is -2.46. The van der Waals surface area contributed by atoms with Crippen molar-refractivity contribution in [3.05, 3.63) is 76.5 Å². The Morgan fingerprint density at radius 3 is 2.37 bits per heavy atom. The van der Waals surface area contributed by atoms with Crippen molar-refractivity contribution in [3.8, 4) is 0 Å². The first-order chi connectivity index (χ1) is 16.7. The molecule has 1 aliphatic heterocycles. The largest absolute Gasteiger partial charge is 0.462 e. The molecule has 1 amide bonds. The maximum atomic E-state index is 13.0. The molecule has 3 rings (SSSR count). The summed E-state index contributed by atoms with van der Waals surface area (Å²) in [7, 11) is 1.82. The van der Waals surface area contributed by atoms with E-state index in [1.54, 1.807) is 4.90 Å². The van der Waals surface area contributed by atoms with Gasteiger partial charge in [0.15, 0.2) is 5.11 Å². The predicted molar refractivity (Wildman–Crippen MR) is 144 cm³/mol. The molecule has 0 saturated carbocycles. The standard InChI is InChI=1S/C28H35N3O3S/c1-6-7-8-20-9-11-22(12-10-20)26(32)29-23-15-13-21(14-16-23)25-24(27(33)34-17-18(2)3)19(4)31(5)28(35)30-25/h9-16,18,25H,6-8,17H2,1-5H3,(H,29,32)(H,30,35). The summed E-state index contributed by atoms with van der Waals surface area (Å²) in [6.45, 7) is 8.39. The molecule has 2 N–H and O–H groups in total. The Morgan fingerprint density at radius 1 is 1.11 bits per heavy atom. The van der Waals surface area contributed by atoms with Crippen LogP contribution in [0, 0.1) is 5.92 Å². The fourth-order valence-corrected chi connectivity index (χ4v) is 4.09. The van der Waals surface area contributed by atoms with Crippen LogP contribution in [0.25, 0.3) is 0 Å². The molecule has 1 aliphatic rings. The summed E-state index contributed by atoms with van der Waals surface area (Å²) in [6.07, 6.45) is 3.31. The molecule has 35 heavy (non-hydrogen) atoms. The minimum Gasteiger partial charge on any atom is -0.462 e. The van der Waals surface area contributed by atoms with Crippen LogP contribution < -0.4 is 10.6 Å². The molecule has 1 atom stereocenters. The van der Waals surface area contributed by atoms with Crippen molar-refractivity contribution in [2.45, 2.75) is 53.0 Å². The molecule has 0 radical (unpaired) electrons. The molecule has 0 spiro atoms. The van der Waals surface area contributed by atoms with Crippen LogP contribution in [-0.4, -0.2) is 35.5 Å². The molecule has 0 saturated heterocycles. The van der Waals surface area contributed by atoms with Crippen molar-refractivity contribution < 1.29 is 14.3 Å². The number of rotatable bonds is 9. The Morgan fingerprint density at radius 2 is 1.77 bits per heavy atom. The number of allylic oxidation sites excluding steroid dienone is 1. The molecule has 6 nitrogen and oxygen atoms in total. The average Bonchev–Trinajstić information content (AvgIpc) is 2.85. The molecule has 7 heteroatoms. The van der Waals surface area contributed by atoms with E-state index in [1.807, 2.05) is 76.3 Å². The lowest BCUT2D eigenvalue weighted by Gasteiger charge is -2.35. The van der Waals surface area contributed by atoms with Gasteiger partial charge in [-0.3, -0.25) is 4.79 Å². The molecule has 0 aromatic heterocycles. The number of nitrogens with zero attached hydrogens (tertiary/aromatic N) is 1. The third-order valence-electron chi connectivity index (χ3n) is 6.06. The summed E-state index contributed by atoms with van der Waals surface area (Å²) in [5, 5.41) is 6.73. The van der Waals surface area contributed by atoms with Gasteiger partial charge in [0.05, 0.1) is 18.2 Å². The number of carbonyl (C=O) groups excluding carboxylic acids is 2. The topological polar surface area (TPSA) is 70.7 Å². The average molecular weight is 494 g/mol. The minimum absolute atomic E-state index is 0.160. The second kappa shape index (κ2) is 12.0. The fraction of sp³-hybridized carbons (Fsp3) is 0.393. The zero-order chi connectivity index (χ0) is 25.5. The van der Waals surface area contributed by atoms with Crippen molar-refractivity contribution in [1.82, 2.24) is 10.2 Å². The van der Waals surface area contributed by atoms with Gasteiger partial charge in [-0.25, -0.2) is 4.79 Å². The number of amides is 1. The van der Waals surface area contributed by atoms with E-state index in [2.05, 4.69) is 17.6 Å². The summed E-state index contributed by atoms with van der Waals surface area (Å²) in [4.78, 5) is 27.4. The van der Waals surface area contributed by atoms with E-state index in [0.29, 0.717) is 28.5 Å². The van der Waals surface area contributed by atoms with Gasteiger partial charge in [0.1, 0.15) is 0 Å². The van der Waals surface area contributed by atoms with E-state index in [9.17, 15) is 9.59 Å². The Bertz CT molecular complexity index is 1090. The highest BCUT2D eigenvalue weighted by atomic mass is 32.1. The second-order valence-electron chi connectivity index (χ2n) is 9.31. The van der Waals surface area contributed by atoms with E-state index >= 15 is 0 Å². The molecular formula is C28H35N3O3S. The highest BCUT2D eigenvalue weighted by molar-refractivity contribution is 7.80. The molecule has 1 unspecified atom stereocenters. The van der Waals surface area contributed by atoms with Crippen molar-refractivity contribution in [2.75, 3.05) is 19.0 Å². The van der Waals surface area contributed by atoms with E-state index in [-0.39, 0.29) is 17.8 Å². The summed E-state index contributed by atoms with van der Waals surface area (Å²) >= 11 is 5.47. The Labute approximate surface area is 213 Å². The van der Waals surface area contributed by atoms with Gasteiger partial charge in [0.25, 0.3) is 5.91 Å². The number of hydrogen-bond acceptors (Lipinski definition) is 4. The van der Waals surface area contributed by atoms with Crippen molar-refractivity contribution in [3.63, 3.8) is 0 Å². The monoisotopic (exact) mass is 493 g/mol. The van der Waals surface area contributed by atoms with Gasteiger partial charge in [0, 0.05) is 24.0 Å². The van der Waals surface area contributed by atoms with Crippen LogP contribution in [0.4, 0.5) is 5.69 Å². The van der Waals surface area contributed by atoms with Crippen molar-refractivity contribution in [2.24, 2.45) is 5.92 Å². The molecule has 186 valence electrons. The lowest BCUT2D eigenvalue weighted by molar-refractivity contribution is -0.140. The molecular weight excluding hydrogens is 458 g/mol. The van der Waals surface area contributed by atoms with Gasteiger partial charge in [0.2, 0.25) is 0 Å². The summed E-state index contributed by atoms with van der Waals surface area (Å²) < 4.78 is 5.54. The number of aryl methyl sites for hydroxylation is 1. The number of ether oxygens (including phenoxy) is 1. The van der Waals surface area contributed by atoms with Gasteiger partial charge in [-0.2, -0.15) is 0 Å². The quantitative estimate of drug-likeness (QED) is 0.349. The maximum Gasteiger partial charge on any atom is 0.338 e. The SMILES string of the molecule is CCCCc1ccc(C(=O)Nc2ccc(C3NC(=S)N(C)C(C)=C3C(=O)OCC(C)C)cc2)cc1. The number of nitrogens with one attached hydrogen (secondary N) is 2. The highest BCUT2D eigenvalue weighted by Crippen LogP contribution is 2.31. The Hall–Kier alpha value is -3.19. The molecule has 0 aliphatic carbocycles. The van der Waals surface area contributed by atoms with Crippen LogP contribution in [-0.2, 0) is 16.0 Å². The van der Waals surface area contributed by atoms with E-state index in [1.165, 1.54) is 5.56 Å². The molecule has 0 fully saturated rings. The molecule has 2 aromatic rings. The number of thiocarbonyl (C=S) groups is 1. The maximum absolute atomic E-state index is 13.0. The Kier molecular flexibility index (Phi) is 9.04. The van der Waals surface area contributed by atoms with Crippen LogP contribution in [0.3, 0.4) is 0 Å². The minimum atomic E-state index is -0.432. The fourth-order valence-electron chi connectivity index (χ4n) is 3.84. The van der Waals surface area contributed by atoms with Crippen LogP contribution >= 0.6 is 12.2 Å². The summed E-state index contributed by atoms with van der Waals surface area (Å²) in [5.41, 5.74) is 4.67. The summed E-state index contributed by atoms with van der Waals surface area (Å²) in [5.74, 6) is -0.279. The first-order valence-electron chi connectivity index (χ1n) is 12.1. The van der Waals surface area contributed by atoms with Gasteiger partial charge < -0.3 is 20.3 Å². The third-order valence-corrected chi connectivity index (χ3v) is 6.45. The Balaban J connectivity index is 1.75. The van der Waals surface area contributed by atoms with Crippen LogP contribution in [0.2, 0.25) is 0 Å². The normalized spacial score (nSPS) is 15.8. The molecule has 1 heterocycles.